The summed E-state index contributed by atoms with van der Waals surface area (Å²) in [5.41, 5.74) is 1.18. The van der Waals surface area contributed by atoms with Crippen LogP contribution in [0.15, 0.2) is 30.3 Å². The average Bonchev–Trinajstić information content (AvgIpc) is 3.25. The Morgan fingerprint density at radius 2 is 1.75 bits per heavy atom. The lowest BCUT2D eigenvalue weighted by atomic mass is 9.88. The first kappa shape index (κ1) is 12.8. The SMILES string of the molecule is O=S(=O)(C1CC1)N1CC2CCC(C2)C1c1ccccc1. The zero-order chi connectivity index (χ0) is 13.7. The normalized spacial score (nSPS) is 34.3. The molecule has 20 heavy (non-hydrogen) atoms. The van der Waals surface area contributed by atoms with Gasteiger partial charge in [0.25, 0.3) is 0 Å². The fraction of sp³-hybridized carbons (Fsp3) is 0.625. The van der Waals surface area contributed by atoms with Crippen molar-refractivity contribution in [3.63, 3.8) is 0 Å². The average molecular weight is 291 g/mol. The third-order valence-electron chi connectivity index (χ3n) is 5.19. The zero-order valence-electron chi connectivity index (χ0n) is 11.6. The van der Waals surface area contributed by atoms with Gasteiger partial charge in [-0.1, -0.05) is 30.3 Å². The molecule has 1 aromatic rings. The topological polar surface area (TPSA) is 37.4 Å². The molecule has 0 N–H and O–H groups in total. The Kier molecular flexibility index (Phi) is 2.93. The summed E-state index contributed by atoms with van der Waals surface area (Å²) in [6.07, 6.45) is 5.30. The number of piperidine rings is 1. The van der Waals surface area contributed by atoms with Crippen LogP contribution in [0.4, 0.5) is 0 Å². The van der Waals surface area contributed by atoms with Crippen molar-refractivity contribution in [1.29, 1.82) is 0 Å². The Balaban J connectivity index is 1.75. The van der Waals surface area contributed by atoms with Crippen molar-refractivity contribution in [3.05, 3.63) is 35.9 Å². The van der Waals surface area contributed by atoms with Gasteiger partial charge in [-0.05, 0) is 49.5 Å². The monoisotopic (exact) mass is 291 g/mol. The van der Waals surface area contributed by atoms with Gasteiger partial charge >= 0.3 is 0 Å². The van der Waals surface area contributed by atoms with Crippen LogP contribution in [0.5, 0.6) is 0 Å². The molecule has 4 heteroatoms. The van der Waals surface area contributed by atoms with Crippen molar-refractivity contribution >= 4 is 10.0 Å². The Morgan fingerprint density at radius 3 is 2.45 bits per heavy atom. The zero-order valence-corrected chi connectivity index (χ0v) is 12.4. The van der Waals surface area contributed by atoms with Gasteiger partial charge in [0.15, 0.2) is 0 Å². The van der Waals surface area contributed by atoms with Crippen LogP contribution in [-0.4, -0.2) is 24.5 Å². The van der Waals surface area contributed by atoms with Crippen LogP contribution in [-0.2, 0) is 10.0 Å². The number of benzene rings is 1. The van der Waals surface area contributed by atoms with E-state index in [-0.39, 0.29) is 11.3 Å². The summed E-state index contributed by atoms with van der Waals surface area (Å²) in [4.78, 5) is 0. The molecule has 1 aliphatic heterocycles. The van der Waals surface area contributed by atoms with E-state index < -0.39 is 10.0 Å². The smallest absolute Gasteiger partial charge is 0.212 e. The second-order valence-electron chi connectivity index (χ2n) is 6.61. The van der Waals surface area contributed by atoms with Crippen molar-refractivity contribution < 1.29 is 8.42 Å². The predicted octanol–water partition coefficient (Wildman–Crippen LogP) is 2.95. The van der Waals surface area contributed by atoms with Crippen molar-refractivity contribution in [2.24, 2.45) is 11.8 Å². The van der Waals surface area contributed by atoms with E-state index in [1.807, 2.05) is 22.5 Å². The molecule has 2 saturated carbocycles. The summed E-state index contributed by atoms with van der Waals surface area (Å²) in [5, 5.41) is -0.0915. The minimum absolute atomic E-state index is 0.0838. The highest BCUT2D eigenvalue weighted by Crippen LogP contribution is 2.50. The van der Waals surface area contributed by atoms with E-state index in [2.05, 4.69) is 12.1 Å². The lowest BCUT2D eigenvalue weighted by molar-refractivity contribution is 0.177. The van der Waals surface area contributed by atoms with Crippen LogP contribution in [0.2, 0.25) is 0 Å². The van der Waals surface area contributed by atoms with E-state index in [4.69, 9.17) is 0 Å². The third-order valence-corrected chi connectivity index (χ3v) is 7.53. The molecule has 108 valence electrons. The number of hydrogen-bond donors (Lipinski definition) is 0. The first-order chi connectivity index (χ1) is 9.66. The van der Waals surface area contributed by atoms with Crippen LogP contribution >= 0.6 is 0 Å². The predicted molar refractivity (Wildman–Crippen MR) is 78.7 cm³/mol. The van der Waals surface area contributed by atoms with Crippen LogP contribution in [0.3, 0.4) is 0 Å². The molecule has 1 heterocycles. The molecule has 3 fully saturated rings. The van der Waals surface area contributed by atoms with Crippen LogP contribution < -0.4 is 0 Å². The maximum absolute atomic E-state index is 12.8. The number of hydrogen-bond acceptors (Lipinski definition) is 2. The summed E-state index contributed by atoms with van der Waals surface area (Å²) < 4.78 is 27.4. The van der Waals surface area contributed by atoms with E-state index in [9.17, 15) is 8.42 Å². The Morgan fingerprint density at radius 1 is 1.00 bits per heavy atom. The first-order valence-corrected chi connectivity index (χ1v) is 9.22. The van der Waals surface area contributed by atoms with E-state index in [0.717, 1.165) is 19.4 Å². The van der Waals surface area contributed by atoms with Crippen LogP contribution in [0.1, 0.15) is 43.7 Å². The molecular formula is C16H21NO2S. The molecule has 0 spiro atoms. The fourth-order valence-electron chi connectivity index (χ4n) is 4.08. The number of sulfonamides is 1. The van der Waals surface area contributed by atoms with Crippen molar-refractivity contribution in [3.8, 4) is 0 Å². The highest BCUT2D eigenvalue weighted by molar-refractivity contribution is 7.90. The van der Waals surface area contributed by atoms with Gasteiger partial charge in [0.05, 0.1) is 11.3 Å². The molecule has 0 radical (unpaired) electrons. The molecule has 3 unspecified atom stereocenters. The Hall–Kier alpha value is -0.870. The molecule has 2 aliphatic carbocycles. The highest BCUT2D eigenvalue weighted by atomic mass is 32.2. The Bertz CT molecular complexity index is 594. The van der Waals surface area contributed by atoms with Crippen LogP contribution in [0, 0.1) is 11.8 Å². The lowest BCUT2D eigenvalue weighted by Crippen LogP contribution is -2.44. The van der Waals surface area contributed by atoms with Gasteiger partial charge in [0, 0.05) is 6.54 Å². The van der Waals surface area contributed by atoms with E-state index in [1.54, 1.807) is 0 Å². The third kappa shape index (κ3) is 2.01. The quantitative estimate of drug-likeness (QED) is 0.858. The van der Waals surface area contributed by atoms with Gasteiger partial charge in [-0.3, -0.25) is 0 Å². The molecule has 0 aromatic heterocycles. The van der Waals surface area contributed by atoms with Crippen LogP contribution in [0.25, 0.3) is 0 Å². The standard InChI is InChI=1S/C16H21NO2S/c18-20(19,15-8-9-15)17-11-12-6-7-14(10-12)16(17)13-4-2-1-3-5-13/h1-5,12,14-16H,6-11H2. The minimum Gasteiger partial charge on any atom is -0.212 e. The number of fused-ring (bicyclic) bond motifs is 2. The van der Waals surface area contributed by atoms with Gasteiger partial charge in [0.1, 0.15) is 0 Å². The van der Waals surface area contributed by atoms with Gasteiger partial charge in [0.2, 0.25) is 10.0 Å². The molecule has 3 atom stereocenters. The highest BCUT2D eigenvalue weighted by Gasteiger charge is 2.50. The molecule has 1 saturated heterocycles. The molecule has 3 nitrogen and oxygen atoms in total. The largest absolute Gasteiger partial charge is 0.217 e. The summed E-state index contributed by atoms with van der Waals surface area (Å²) in [7, 11) is -3.08. The number of rotatable bonds is 3. The van der Waals surface area contributed by atoms with E-state index in [1.165, 1.54) is 24.8 Å². The molecule has 1 aromatic carbocycles. The maximum atomic E-state index is 12.8. The first-order valence-electron chi connectivity index (χ1n) is 7.72. The summed E-state index contributed by atoms with van der Waals surface area (Å²) in [6.45, 7) is 0.745. The molecule has 3 aliphatic rings. The lowest BCUT2D eigenvalue weighted by Gasteiger charge is -2.39. The fourth-order valence-corrected chi connectivity index (χ4v) is 6.22. The minimum atomic E-state index is -3.08. The van der Waals surface area contributed by atoms with E-state index in [0.29, 0.717) is 11.8 Å². The Labute approximate surface area is 121 Å². The van der Waals surface area contributed by atoms with Gasteiger partial charge < -0.3 is 0 Å². The second-order valence-corrected chi connectivity index (χ2v) is 8.77. The summed E-state index contributed by atoms with van der Waals surface area (Å²) in [5.74, 6) is 1.11. The van der Waals surface area contributed by atoms with Crippen molar-refractivity contribution in [1.82, 2.24) is 4.31 Å². The molecule has 0 amide bonds. The van der Waals surface area contributed by atoms with Crippen molar-refractivity contribution in [2.45, 2.75) is 43.4 Å². The second kappa shape index (κ2) is 4.57. The van der Waals surface area contributed by atoms with E-state index >= 15 is 0 Å². The summed E-state index contributed by atoms with van der Waals surface area (Å²) >= 11 is 0. The number of nitrogens with zero attached hydrogens (tertiary/aromatic N) is 1. The molecule has 4 rings (SSSR count). The maximum Gasteiger partial charge on any atom is 0.217 e. The van der Waals surface area contributed by atoms with Gasteiger partial charge in [-0.25, -0.2) is 8.42 Å². The van der Waals surface area contributed by atoms with Gasteiger partial charge in [-0.15, -0.1) is 0 Å². The summed E-state index contributed by atoms with van der Waals surface area (Å²) in [6, 6.07) is 10.3. The van der Waals surface area contributed by atoms with Crippen molar-refractivity contribution in [2.75, 3.05) is 6.54 Å². The van der Waals surface area contributed by atoms with Gasteiger partial charge in [-0.2, -0.15) is 4.31 Å². The molecular weight excluding hydrogens is 270 g/mol. The molecule has 2 bridgehead atoms.